The summed E-state index contributed by atoms with van der Waals surface area (Å²) in [7, 11) is 0. The van der Waals surface area contributed by atoms with Gasteiger partial charge >= 0.3 is 11.9 Å². The third-order valence-corrected chi connectivity index (χ3v) is 4.66. The fraction of sp³-hybridized carbons (Fsp3) is 0.308. The lowest BCUT2D eigenvalue weighted by molar-refractivity contribution is -0.148. The molecule has 0 aliphatic heterocycles. The zero-order valence-corrected chi connectivity index (χ0v) is 18.7. The number of benzene rings is 2. The molecule has 2 aromatic rings. The summed E-state index contributed by atoms with van der Waals surface area (Å²) in [4.78, 5) is 23.3. The van der Waals surface area contributed by atoms with Gasteiger partial charge in [-0.05, 0) is 37.1 Å². The number of rotatable bonds is 13. The SMILES string of the molecule is C[C@H](O)[C@@H](/C=C/C(=O)O[C@@H](C)[C@@H](/C=C/C(=O)O)OCc1ccccc1)OCc1ccccc1. The molecule has 4 atom stereocenters. The zero-order valence-electron chi connectivity index (χ0n) is 18.7. The molecule has 176 valence electrons. The van der Waals surface area contributed by atoms with Crippen molar-refractivity contribution in [3.63, 3.8) is 0 Å². The van der Waals surface area contributed by atoms with E-state index in [1.807, 2.05) is 60.7 Å². The Morgan fingerprint density at radius 1 is 0.818 bits per heavy atom. The fourth-order valence-electron chi connectivity index (χ4n) is 2.88. The highest BCUT2D eigenvalue weighted by Crippen LogP contribution is 2.12. The number of aliphatic hydroxyl groups excluding tert-OH is 1. The second-order valence-corrected chi connectivity index (χ2v) is 7.46. The average molecular weight is 455 g/mol. The first-order valence-corrected chi connectivity index (χ1v) is 10.6. The maximum atomic E-state index is 12.3. The Morgan fingerprint density at radius 2 is 1.30 bits per heavy atom. The van der Waals surface area contributed by atoms with Crippen molar-refractivity contribution in [3.8, 4) is 0 Å². The van der Waals surface area contributed by atoms with E-state index in [2.05, 4.69) is 0 Å². The summed E-state index contributed by atoms with van der Waals surface area (Å²) in [5.41, 5.74) is 1.84. The van der Waals surface area contributed by atoms with Gasteiger partial charge < -0.3 is 24.4 Å². The maximum Gasteiger partial charge on any atom is 0.330 e. The Labute approximate surface area is 193 Å². The van der Waals surface area contributed by atoms with Crippen molar-refractivity contribution >= 4 is 11.9 Å². The predicted molar refractivity (Wildman–Crippen MR) is 123 cm³/mol. The topological polar surface area (TPSA) is 102 Å². The van der Waals surface area contributed by atoms with E-state index in [0.29, 0.717) is 0 Å². The second-order valence-electron chi connectivity index (χ2n) is 7.46. The quantitative estimate of drug-likeness (QED) is 0.352. The van der Waals surface area contributed by atoms with Gasteiger partial charge in [-0.2, -0.15) is 0 Å². The lowest BCUT2D eigenvalue weighted by atomic mass is 10.2. The summed E-state index contributed by atoms with van der Waals surface area (Å²) in [5.74, 6) is -1.79. The number of esters is 1. The fourth-order valence-corrected chi connectivity index (χ4v) is 2.88. The lowest BCUT2D eigenvalue weighted by Gasteiger charge is -2.21. The van der Waals surface area contributed by atoms with Gasteiger partial charge in [0, 0.05) is 12.2 Å². The van der Waals surface area contributed by atoms with Crippen molar-refractivity contribution in [1.29, 1.82) is 0 Å². The summed E-state index contributed by atoms with van der Waals surface area (Å²) >= 11 is 0. The minimum Gasteiger partial charge on any atom is -0.478 e. The number of ether oxygens (including phenoxy) is 3. The number of carbonyl (C=O) groups is 2. The predicted octanol–water partition coefficient (Wildman–Crippen LogP) is 3.67. The van der Waals surface area contributed by atoms with Crippen LogP contribution in [0.4, 0.5) is 0 Å². The highest BCUT2D eigenvalue weighted by atomic mass is 16.6. The van der Waals surface area contributed by atoms with Crippen LogP contribution in [0.25, 0.3) is 0 Å². The molecule has 33 heavy (non-hydrogen) atoms. The number of carbonyl (C=O) groups excluding carboxylic acids is 1. The van der Waals surface area contributed by atoms with Crippen LogP contribution in [0.2, 0.25) is 0 Å². The van der Waals surface area contributed by atoms with Crippen molar-refractivity contribution in [3.05, 3.63) is 96.1 Å². The van der Waals surface area contributed by atoms with E-state index in [-0.39, 0.29) is 13.2 Å². The summed E-state index contributed by atoms with van der Waals surface area (Å²) in [6, 6.07) is 18.9. The molecule has 2 aromatic carbocycles. The molecule has 0 bridgehead atoms. The van der Waals surface area contributed by atoms with Crippen LogP contribution < -0.4 is 0 Å². The van der Waals surface area contributed by atoms with E-state index in [4.69, 9.17) is 19.3 Å². The first kappa shape index (κ1) is 26.0. The summed E-state index contributed by atoms with van der Waals surface area (Å²) in [6.45, 7) is 3.69. The van der Waals surface area contributed by atoms with Crippen LogP contribution in [0.15, 0.2) is 85.0 Å². The van der Waals surface area contributed by atoms with Crippen LogP contribution in [0.1, 0.15) is 25.0 Å². The van der Waals surface area contributed by atoms with Gasteiger partial charge in [-0.15, -0.1) is 0 Å². The normalized spacial score (nSPS) is 15.2. The van der Waals surface area contributed by atoms with Gasteiger partial charge in [0.25, 0.3) is 0 Å². The zero-order chi connectivity index (χ0) is 24.1. The standard InChI is InChI=1S/C26H30O7/c1-19(27)23(31-17-21-9-5-3-6-10-21)14-16-26(30)33-20(2)24(13-15-25(28)29)32-18-22-11-7-4-8-12-22/h3-16,19-20,23-24,27H,17-18H2,1-2H3,(H,28,29)/b15-13+,16-14+/t19-,20-,23+,24+/m0/s1. The molecule has 0 unspecified atom stereocenters. The van der Waals surface area contributed by atoms with E-state index in [1.54, 1.807) is 13.8 Å². The summed E-state index contributed by atoms with van der Waals surface area (Å²) in [5, 5.41) is 18.9. The Kier molecular flexibility index (Phi) is 11.0. The molecule has 0 heterocycles. The Balaban J connectivity index is 1.94. The van der Waals surface area contributed by atoms with Gasteiger partial charge in [0.1, 0.15) is 18.3 Å². The molecule has 7 heteroatoms. The molecule has 0 spiro atoms. The molecule has 2 rings (SSSR count). The molecule has 0 aliphatic carbocycles. The van der Waals surface area contributed by atoms with Crippen molar-refractivity contribution in [2.24, 2.45) is 0 Å². The monoisotopic (exact) mass is 454 g/mol. The largest absolute Gasteiger partial charge is 0.478 e. The molecule has 0 aliphatic rings. The van der Waals surface area contributed by atoms with E-state index in [1.165, 1.54) is 18.2 Å². The smallest absolute Gasteiger partial charge is 0.330 e. The molecule has 7 nitrogen and oxygen atoms in total. The summed E-state index contributed by atoms with van der Waals surface area (Å²) in [6.07, 6.45) is 1.87. The maximum absolute atomic E-state index is 12.3. The Morgan fingerprint density at radius 3 is 1.79 bits per heavy atom. The third kappa shape index (κ3) is 10.3. The number of hydrogen-bond acceptors (Lipinski definition) is 6. The van der Waals surface area contributed by atoms with Crippen molar-refractivity contribution < 1.29 is 34.0 Å². The number of carboxylic acid groups (broad SMARTS) is 1. The van der Waals surface area contributed by atoms with Gasteiger partial charge in [0.15, 0.2) is 0 Å². The molecule has 0 radical (unpaired) electrons. The van der Waals surface area contributed by atoms with E-state index in [0.717, 1.165) is 17.2 Å². The molecule has 0 amide bonds. The van der Waals surface area contributed by atoms with Gasteiger partial charge in [0.05, 0.1) is 19.3 Å². The number of hydrogen-bond donors (Lipinski definition) is 2. The second kappa shape index (κ2) is 14.0. The van der Waals surface area contributed by atoms with Crippen molar-refractivity contribution in [2.75, 3.05) is 0 Å². The minimum atomic E-state index is -1.13. The highest BCUT2D eigenvalue weighted by Gasteiger charge is 2.20. The van der Waals surface area contributed by atoms with Crippen LogP contribution in [0.3, 0.4) is 0 Å². The van der Waals surface area contributed by atoms with E-state index < -0.39 is 36.4 Å². The Hall–Kier alpha value is -3.26. The Bertz CT molecular complexity index is 907. The van der Waals surface area contributed by atoms with Gasteiger partial charge in [-0.25, -0.2) is 9.59 Å². The molecular formula is C26H30O7. The van der Waals surface area contributed by atoms with Gasteiger partial charge in [0.2, 0.25) is 0 Å². The molecule has 0 saturated heterocycles. The van der Waals surface area contributed by atoms with Crippen LogP contribution in [-0.4, -0.2) is 46.6 Å². The lowest BCUT2D eigenvalue weighted by Crippen LogP contribution is -2.30. The van der Waals surface area contributed by atoms with E-state index in [9.17, 15) is 14.7 Å². The van der Waals surface area contributed by atoms with Crippen LogP contribution >= 0.6 is 0 Å². The van der Waals surface area contributed by atoms with Crippen molar-refractivity contribution in [1.82, 2.24) is 0 Å². The van der Waals surface area contributed by atoms with Crippen molar-refractivity contribution in [2.45, 2.75) is 51.5 Å². The van der Waals surface area contributed by atoms with Crippen LogP contribution in [0, 0.1) is 0 Å². The third-order valence-electron chi connectivity index (χ3n) is 4.66. The molecule has 2 N–H and O–H groups in total. The van der Waals surface area contributed by atoms with Gasteiger partial charge in [-0.1, -0.05) is 60.7 Å². The first-order valence-electron chi connectivity index (χ1n) is 10.6. The minimum absolute atomic E-state index is 0.227. The number of aliphatic carboxylic acids is 1. The molecule has 0 fully saturated rings. The summed E-state index contributed by atoms with van der Waals surface area (Å²) < 4.78 is 16.9. The first-order chi connectivity index (χ1) is 15.8. The van der Waals surface area contributed by atoms with Crippen LogP contribution in [0.5, 0.6) is 0 Å². The van der Waals surface area contributed by atoms with Gasteiger partial charge in [-0.3, -0.25) is 0 Å². The van der Waals surface area contributed by atoms with E-state index >= 15 is 0 Å². The molecule has 0 saturated carbocycles. The molecular weight excluding hydrogens is 424 g/mol. The highest BCUT2D eigenvalue weighted by molar-refractivity contribution is 5.82. The average Bonchev–Trinajstić information content (AvgIpc) is 2.79. The van der Waals surface area contributed by atoms with Crippen LogP contribution in [-0.2, 0) is 37.0 Å². The molecule has 0 aromatic heterocycles. The number of aliphatic hydroxyl groups is 1. The number of carboxylic acids is 1.